The van der Waals surface area contributed by atoms with E-state index >= 15 is 0 Å². The van der Waals surface area contributed by atoms with Crippen LogP contribution in [0.25, 0.3) is 10.3 Å². The van der Waals surface area contributed by atoms with Gasteiger partial charge in [0.05, 0.1) is 11.5 Å². The van der Waals surface area contributed by atoms with Crippen molar-refractivity contribution in [2.24, 2.45) is 0 Å². The monoisotopic (exact) mass is 471 g/mol. The van der Waals surface area contributed by atoms with E-state index in [0.717, 1.165) is 22.5 Å². The van der Waals surface area contributed by atoms with Gasteiger partial charge < -0.3 is 15.7 Å². The zero-order valence-corrected chi connectivity index (χ0v) is 19.5. The maximum Gasteiger partial charge on any atom is 0.269 e. The molecule has 2 aromatic carbocycles. The highest BCUT2D eigenvalue weighted by Gasteiger charge is 2.22. The highest BCUT2D eigenvalue weighted by molar-refractivity contribution is 7.20. The summed E-state index contributed by atoms with van der Waals surface area (Å²) in [7, 11) is 0. The maximum absolute atomic E-state index is 12.8. The molecule has 2 aromatic heterocycles. The SMILES string of the molecule is Cc1ccc(NC(=O)c2cccc(C(C)(C)C#N)c2)cc1NC(=O)c1sc2nccnc2c1O. The zero-order chi connectivity index (χ0) is 24.5. The molecule has 0 unspecified atom stereocenters. The summed E-state index contributed by atoms with van der Waals surface area (Å²) in [5.74, 6) is -1.05. The van der Waals surface area contributed by atoms with Crippen molar-refractivity contribution in [1.82, 2.24) is 9.97 Å². The number of fused-ring (bicyclic) bond motifs is 1. The molecule has 0 bridgehead atoms. The third-order valence-corrected chi connectivity index (χ3v) is 6.45. The van der Waals surface area contributed by atoms with Crippen LogP contribution in [0.3, 0.4) is 0 Å². The van der Waals surface area contributed by atoms with E-state index in [2.05, 4.69) is 26.7 Å². The fraction of sp³-hybridized carbons (Fsp3) is 0.160. The molecular weight excluding hydrogens is 450 g/mol. The van der Waals surface area contributed by atoms with Crippen molar-refractivity contribution in [3.8, 4) is 11.8 Å². The first kappa shape index (κ1) is 22.9. The average molecular weight is 472 g/mol. The number of thiophene rings is 1. The summed E-state index contributed by atoms with van der Waals surface area (Å²) in [6.07, 6.45) is 2.94. The number of nitriles is 1. The molecule has 4 aromatic rings. The molecule has 8 nitrogen and oxygen atoms in total. The standard InChI is InChI=1S/C25H21N5O3S/c1-14-7-8-17(29-22(32)15-5-4-6-16(11-15)25(2,3)13-26)12-18(14)30-23(33)21-20(31)19-24(34-21)28-10-9-27-19/h4-12,31H,1-3H3,(H,29,32)(H,30,33). The molecule has 0 saturated carbocycles. The van der Waals surface area contributed by atoms with Crippen molar-refractivity contribution in [3.63, 3.8) is 0 Å². The number of anilines is 2. The molecule has 4 rings (SSSR count). The molecule has 0 aliphatic rings. The van der Waals surface area contributed by atoms with Crippen LogP contribution in [-0.2, 0) is 5.41 Å². The topological polar surface area (TPSA) is 128 Å². The molecule has 0 atom stereocenters. The lowest BCUT2D eigenvalue weighted by Crippen LogP contribution is -2.17. The third-order valence-electron chi connectivity index (χ3n) is 5.38. The number of aromatic hydroxyl groups is 1. The number of amides is 2. The predicted octanol–water partition coefficient (Wildman–Crippen LogP) is 5.01. The van der Waals surface area contributed by atoms with Crippen LogP contribution in [0.5, 0.6) is 5.75 Å². The highest BCUT2D eigenvalue weighted by atomic mass is 32.1. The first-order valence-corrected chi connectivity index (χ1v) is 11.2. The van der Waals surface area contributed by atoms with Crippen LogP contribution in [-0.4, -0.2) is 26.9 Å². The average Bonchev–Trinajstić information content (AvgIpc) is 3.18. The van der Waals surface area contributed by atoms with Crippen LogP contribution in [0.2, 0.25) is 0 Å². The van der Waals surface area contributed by atoms with Crippen LogP contribution in [0.4, 0.5) is 11.4 Å². The molecule has 170 valence electrons. The highest BCUT2D eigenvalue weighted by Crippen LogP contribution is 2.35. The number of benzene rings is 2. The largest absolute Gasteiger partial charge is 0.504 e. The zero-order valence-electron chi connectivity index (χ0n) is 18.7. The molecule has 0 fully saturated rings. The van der Waals surface area contributed by atoms with Crippen LogP contribution in [0.1, 0.15) is 45.0 Å². The Kier molecular flexibility index (Phi) is 6.01. The Balaban J connectivity index is 1.55. The number of carbonyl (C=O) groups excluding carboxylic acids is 2. The van der Waals surface area contributed by atoms with Gasteiger partial charge in [-0.25, -0.2) is 9.97 Å². The summed E-state index contributed by atoms with van der Waals surface area (Å²) in [6.45, 7) is 5.40. The summed E-state index contributed by atoms with van der Waals surface area (Å²) in [6, 6.07) is 14.3. The van der Waals surface area contributed by atoms with Gasteiger partial charge in [-0.2, -0.15) is 5.26 Å². The van der Waals surface area contributed by atoms with Gasteiger partial charge in [0, 0.05) is 29.3 Å². The minimum atomic E-state index is -0.721. The van der Waals surface area contributed by atoms with E-state index in [-0.39, 0.29) is 22.1 Å². The van der Waals surface area contributed by atoms with E-state index in [1.54, 1.807) is 50.2 Å². The number of hydrogen-bond acceptors (Lipinski definition) is 7. The van der Waals surface area contributed by atoms with Gasteiger partial charge in [0.1, 0.15) is 15.2 Å². The Morgan fingerprint density at radius 3 is 2.56 bits per heavy atom. The van der Waals surface area contributed by atoms with Crippen LogP contribution in [0.15, 0.2) is 54.9 Å². The number of hydrogen-bond donors (Lipinski definition) is 3. The molecule has 2 heterocycles. The van der Waals surface area contributed by atoms with Crippen molar-refractivity contribution in [2.75, 3.05) is 10.6 Å². The van der Waals surface area contributed by atoms with Gasteiger partial charge in [-0.3, -0.25) is 9.59 Å². The van der Waals surface area contributed by atoms with Gasteiger partial charge in [-0.15, -0.1) is 11.3 Å². The van der Waals surface area contributed by atoms with E-state index in [9.17, 15) is 20.0 Å². The molecule has 0 radical (unpaired) electrons. The van der Waals surface area contributed by atoms with E-state index in [1.165, 1.54) is 12.4 Å². The Morgan fingerprint density at radius 1 is 1.06 bits per heavy atom. The summed E-state index contributed by atoms with van der Waals surface area (Å²) in [4.78, 5) is 34.4. The molecule has 2 amide bonds. The van der Waals surface area contributed by atoms with E-state index < -0.39 is 11.3 Å². The van der Waals surface area contributed by atoms with E-state index in [4.69, 9.17) is 0 Å². The number of aryl methyl sites for hydroxylation is 1. The second-order valence-electron chi connectivity index (χ2n) is 8.25. The second-order valence-corrected chi connectivity index (χ2v) is 9.24. The lowest BCUT2D eigenvalue weighted by molar-refractivity contribution is 0.102. The van der Waals surface area contributed by atoms with Crippen molar-refractivity contribution < 1.29 is 14.7 Å². The summed E-state index contributed by atoms with van der Waals surface area (Å²) in [5.41, 5.74) is 2.47. The van der Waals surface area contributed by atoms with Crippen molar-refractivity contribution >= 4 is 44.9 Å². The lowest BCUT2D eigenvalue weighted by Gasteiger charge is -2.16. The van der Waals surface area contributed by atoms with Gasteiger partial charge in [0.15, 0.2) is 5.75 Å². The first-order chi connectivity index (χ1) is 16.2. The molecule has 0 aliphatic heterocycles. The first-order valence-electron chi connectivity index (χ1n) is 10.4. The quantitative estimate of drug-likeness (QED) is 0.375. The van der Waals surface area contributed by atoms with Crippen LogP contribution < -0.4 is 10.6 Å². The Morgan fingerprint density at radius 2 is 1.82 bits per heavy atom. The number of nitrogens with one attached hydrogen (secondary N) is 2. The Labute approximate surface area is 199 Å². The fourth-order valence-corrected chi connectivity index (χ4v) is 4.19. The Hall–Kier alpha value is -4.29. The normalized spacial score (nSPS) is 11.1. The minimum absolute atomic E-state index is 0.104. The second kappa shape index (κ2) is 8.92. The van der Waals surface area contributed by atoms with Crippen molar-refractivity contribution in [3.05, 3.63) is 76.4 Å². The van der Waals surface area contributed by atoms with Gasteiger partial charge in [0.2, 0.25) is 0 Å². The Bertz CT molecular complexity index is 1470. The molecule has 3 N–H and O–H groups in total. The lowest BCUT2D eigenvalue weighted by atomic mass is 9.85. The van der Waals surface area contributed by atoms with E-state index in [1.807, 2.05) is 13.0 Å². The number of aromatic nitrogens is 2. The van der Waals surface area contributed by atoms with Gasteiger partial charge >= 0.3 is 0 Å². The molecule has 0 saturated heterocycles. The van der Waals surface area contributed by atoms with Gasteiger partial charge in [0.25, 0.3) is 11.8 Å². The number of rotatable bonds is 5. The summed E-state index contributed by atoms with van der Waals surface area (Å²) in [5, 5.41) is 25.4. The smallest absolute Gasteiger partial charge is 0.269 e. The predicted molar refractivity (Wildman–Crippen MR) is 131 cm³/mol. The molecule has 0 spiro atoms. The van der Waals surface area contributed by atoms with E-state index in [0.29, 0.717) is 21.8 Å². The minimum Gasteiger partial charge on any atom is -0.504 e. The maximum atomic E-state index is 12.8. The third kappa shape index (κ3) is 4.44. The summed E-state index contributed by atoms with van der Waals surface area (Å²) >= 11 is 1.05. The van der Waals surface area contributed by atoms with Crippen LogP contribution in [0, 0.1) is 18.3 Å². The molecular formula is C25H21N5O3S. The van der Waals surface area contributed by atoms with Gasteiger partial charge in [-0.05, 0) is 56.2 Å². The van der Waals surface area contributed by atoms with Crippen molar-refractivity contribution in [2.45, 2.75) is 26.2 Å². The van der Waals surface area contributed by atoms with Gasteiger partial charge in [-0.1, -0.05) is 18.2 Å². The number of carbonyl (C=O) groups is 2. The molecule has 34 heavy (non-hydrogen) atoms. The fourth-order valence-electron chi connectivity index (χ4n) is 3.30. The van der Waals surface area contributed by atoms with Crippen LogP contribution >= 0.6 is 11.3 Å². The number of nitrogens with zero attached hydrogens (tertiary/aromatic N) is 3. The molecule has 9 heteroatoms. The molecule has 0 aliphatic carbocycles. The van der Waals surface area contributed by atoms with Crippen molar-refractivity contribution in [1.29, 1.82) is 5.26 Å². The summed E-state index contributed by atoms with van der Waals surface area (Å²) < 4.78 is 0.